The van der Waals surface area contributed by atoms with E-state index in [1.54, 1.807) is 23.7 Å². The lowest BCUT2D eigenvalue weighted by Gasteiger charge is -2.13. The molecule has 1 N–H and O–H groups in total. The van der Waals surface area contributed by atoms with Gasteiger partial charge < -0.3 is 9.84 Å². The Balaban J connectivity index is 1.51. The Morgan fingerprint density at radius 1 is 1.35 bits per heavy atom. The second kappa shape index (κ2) is 7.15. The molecule has 0 saturated heterocycles. The molecular formula is C16H16N4O2S. The molecule has 6 nitrogen and oxygen atoms in total. The number of aromatic nitrogens is 3. The van der Waals surface area contributed by atoms with Gasteiger partial charge in [-0.15, -0.1) is 11.3 Å². The standard InChI is InChI=1S/C16H16N4O2S/c1-11(12-6-8-17-9-7-12)18-14(21)4-5-15-19-16(20-22-15)13-3-2-10-23-13/h2-3,6-11H,4-5H2,1H3,(H,18,21). The smallest absolute Gasteiger partial charge is 0.227 e. The maximum atomic E-state index is 12.0. The first kappa shape index (κ1) is 15.4. The van der Waals surface area contributed by atoms with E-state index in [4.69, 9.17) is 4.52 Å². The van der Waals surface area contributed by atoms with Crippen LogP contribution in [-0.4, -0.2) is 21.0 Å². The first-order valence-electron chi connectivity index (χ1n) is 7.28. The van der Waals surface area contributed by atoms with Gasteiger partial charge in [-0.1, -0.05) is 11.2 Å². The molecule has 1 atom stereocenters. The van der Waals surface area contributed by atoms with E-state index in [9.17, 15) is 4.79 Å². The summed E-state index contributed by atoms with van der Waals surface area (Å²) in [5.74, 6) is 0.992. The number of hydrogen-bond donors (Lipinski definition) is 1. The van der Waals surface area contributed by atoms with Gasteiger partial charge in [0.05, 0.1) is 10.9 Å². The summed E-state index contributed by atoms with van der Waals surface area (Å²) < 4.78 is 5.19. The van der Waals surface area contributed by atoms with Gasteiger partial charge in [0.2, 0.25) is 17.6 Å². The van der Waals surface area contributed by atoms with E-state index in [0.29, 0.717) is 24.6 Å². The maximum absolute atomic E-state index is 12.0. The third-order valence-electron chi connectivity index (χ3n) is 3.36. The van der Waals surface area contributed by atoms with Crippen molar-refractivity contribution in [3.8, 4) is 10.7 Å². The van der Waals surface area contributed by atoms with Crippen LogP contribution in [0.5, 0.6) is 0 Å². The molecule has 118 valence electrons. The van der Waals surface area contributed by atoms with Gasteiger partial charge in [0.1, 0.15) is 0 Å². The van der Waals surface area contributed by atoms with Crippen LogP contribution in [0.15, 0.2) is 46.6 Å². The molecule has 0 saturated carbocycles. The Hall–Kier alpha value is -2.54. The molecule has 0 aliphatic carbocycles. The number of rotatable bonds is 6. The predicted molar refractivity (Wildman–Crippen MR) is 86.7 cm³/mol. The number of nitrogens with one attached hydrogen (secondary N) is 1. The molecule has 0 radical (unpaired) electrons. The van der Waals surface area contributed by atoms with Gasteiger partial charge in [-0.25, -0.2) is 0 Å². The average molecular weight is 328 g/mol. The van der Waals surface area contributed by atoms with E-state index in [1.807, 2.05) is 36.6 Å². The summed E-state index contributed by atoms with van der Waals surface area (Å²) in [5.41, 5.74) is 1.02. The van der Waals surface area contributed by atoms with E-state index in [2.05, 4.69) is 20.4 Å². The quantitative estimate of drug-likeness (QED) is 0.752. The number of amides is 1. The molecule has 1 unspecified atom stereocenters. The van der Waals surface area contributed by atoms with Crippen LogP contribution in [0, 0.1) is 0 Å². The predicted octanol–water partition coefficient (Wildman–Crippen LogP) is 3.00. The van der Waals surface area contributed by atoms with E-state index in [1.165, 1.54) is 0 Å². The Morgan fingerprint density at radius 3 is 2.91 bits per heavy atom. The summed E-state index contributed by atoms with van der Waals surface area (Å²) in [6.45, 7) is 1.94. The van der Waals surface area contributed by atoms with Crippen LogP contribution in [0.2, 0.25) is 0 Å². The zero-order valence-corrected chi connectivity index (χ0v) is 13.4. The first-order chi connectivity index (χ1) is 11.2. The van der Waals surface area contributed by atoms with Gasteiger partial charge in [-0.05, 0) is 36.1 Å². The number of aryl methyl sites for hydroxylation is 1. The molecule has 7 heteroatoms. The lowest BCUT2D eigenvalue weighted by atomic mass is 10.1. The third kappa shape index (κ3) is 4.01. The van der Waals surface area contributed by atoms with Gasteiger partial charge in [-0.2, -0.15) is 4.98 Å². The number of pyridine rings is 1. The summed E-state index contributed by atoms with van der Waals surface area (Å²) in [4.78, 5) is 21.2. The summed E-state index contributed by atoms with van der Waals surface area (Å²) in [7, 11) is 0. The van der Waals surface area contributed by atoms with Crippen LogP contribution < -0.4 is 5.32 Å². The molecule has 0 aliphatic rings. The number of carbonyl (C=O) groups is 1. The minimum absolute atomic E-state index is 0.0508. The Bertz CT molecular complexity index is 756. The summed E-state index contributed by atoms with van der Waals surface area (Å²) in [5, 5.41) is 8.83. The molecule has 0 spiro atoms. The minimum atomic E-state index is -0.0603. The van der Waals surface area contributed by atoms with Crippen LogP contribution in [0.1, 0.15) is 30.8 Å². The molecule has 3 heterocycles. The lowest BCUT2D eigenvalue weighted by molar-refractivity contribution is -0.121. The van der Waals surface area contributed by atoms with Gasteiger partial charge in [0.15, 0.2) is 0 Å². The van der Waals surface area contributed by atoms with E-state index in [0.717, 1.165) is 10.4 Å². The molecule has 0 aromatic carbocycles. The van der Waals surface area contributed by atoms with Crippen molar-refractivity contribution >= 4 is 17.2 Å². The average Bonchev–Trinajstić information content (AvgIpc) is 3.25. The zero-order chi connectivity index (χ0) is 16.1. The fraction of sp³-hybridized carbons (Fsp3) is 0.250. The van der Waals surface area contributed by atoms with Crippen LogP contribution in [0.3, 0.4) is 0 Å². The molecule has 3 rings (SSSR count). The van der Waals surface area contributed by atoms with Crippen molar-refractivity contribution in [1.29, 1.82) is 0 Å². The second-order valence-corrected chi connectivity index (χ2v) is 6.01. The summed E-state index contributed by atoms with van der Waals surface area (Å²) in [6, 6.07) is 7.58. The Morgan fingerprint density at radius 2 is 2.17 bits per heavy atom. The van der Waals surface area contributed by atoms with Gasteiger partial charge in [0, 0.05) is 25.2 Å². The fourth-order valence-electron chi connectivity index (χ4n) is 2.13. The normalized spacial score (nSPS) is 12.0. The lowest BCUT2D eigenvalue weighted by Crippen LogP contribution is -2.26. The van der Waals surface area contributed by atoms with Crippen molar-refractivity contribution in [2.45, 2.75) is 25.8 Å². The maximum Gasteiger partial charge on any atom is 0.227 e. The van der Waals surface area contributed by atoms with E-state index >= 15 is 0 Å². The number of thiophene rings is 1. The molecule has 0 aliphatic heterocycles. The number of hydrogen-bond acceptors (Lipinski definition) is 6. The van der Waals surface area contributed by atoms with E-state index in [-0.39, 0.29) is 11.9 Å². The van der Waals surface area contributed by atoms with Crippen molar-refractivity contribution in [1.82, 2.24) is 20.4 Å². The van der Waals surface area contributed by atoms with Crippen molar-refractivity contribution in [2.24, 2.45) is 0 Å². The topological polar surface area (TPSA) is 80.9 Å². The van der Waals surface area contributed by atoms with Gasteiger partial charge in [-0.3, -0.25) is 9.78 Å². The molecule has 3 aromatic rings. The molecule has 3 aromatic heterocycles. The van der Waals surface area contributed by atoms with Crippen LogP contribution >= 0.6 is 11.3 Å². The zero-order valence-electron chi connectivity index (χ0n) is 12.6. The Kier molecular flexibility index (Phi) is 4.77. The summed E-state index contributed by atoms with van der Waals surface area (Å²) >= 11 is 1.55. The van der Waals surface area contributed by atoms with Gasteiger partial charge >= 0.3 is 0 Å². The SMILES string of the molecule is CC(NC(=O)CCc1nc(-c2cccs2)no1)c1ccncc1. The highest BCUT2D eigenvalue weighted by molar-refractivity contribution is 7.13. The highest BCUT2D eigenvalue weighted by Crippen LogP contribution is 2.21. The highest BCUT2D eigenvalue weighted by Gasteiger charge is 2.13. The third-order valence-corrected chi connectivity index (χ3v) is 4.22. The van der Waals surface area contributed by atoms with Crippen LogP contribution in [0.4, 0.5) is 0 Å². The fourth-order valence-corrected chi connectivity index (χ4v) is 2.78. The highest BCUT2D eigenvalue weighted by atomic mass is 32.1. The Labute approximate surface area is 137 Å². The monoisotopic (exact) mass is 328 g/mol. The first-order valence-corrected chi connectivity index (χ1v) is 8.16. The molecule has 1 amide bonds. The van der Waals surface area contributed by atoms with E-state index < -0.39 is 0 Å². The van der Waals surface area contributed by atoms with Crippen molar-refractivity contribution in [2.75, 3.05) is 0 Å². The summed E-state index contributed by atoms with van der Waals surface area (Å²) in [6.07, 6.45) is 4.15. The largest absolute Gasteiger partial charge is 0.350 e. The molecule has 23 heavy (non-hydrogen) atoms. The molecule has 0 bridgehead atoms. The van der Waals surface area contributed by atoms with Crippen LogP contribution in [-0.2, 0) is 11.2 Å². The van der Waals surface area contributed by atoms with Crippen molar-refractivity contribution in [3.05, 3.63) is 53.5 Å². The van der Waals surface area contributed by atoms with Gasteiger partial charge in [0.25, 0.3) is 0 Å². The van der Waals surface area contributed by atoms with Crippen molar-refractivity contribution < 1.29 is 9.32 Å². The number of carbonyl (C=O) groups excluding carboxylic acids is 1. The number of nitrogens with zero attached hydrogens (tertiary/aromatic N) is 3. The van der Waals surface area contributed by atoms with Crippen molar-refractivity contribution in [3.63, 3.8) is 0 Å². The van der Waals surface area contributed by atoms with Crippen LogP contribution in [0.25, 0.3) is 10.7 Å². The molecule has 0 fully saturated rings. The minimum Gasteiger partial charge on any atom is -0.350 e. The second-order valence-electron chi connectivity index (χ2n) is 5.06. The molecular weight excluding hydrogens is 312 g/mol.